The Morgan fingerprint density at radius 2 is 2.50 bits per heavy atom. The third kappa shape index (κ3) is 2.09. The largest absolute Gasteiger partial charge is 0.496 e. The Morgan fingerprint density at radius 3 is 3.08 bits per heavy atom. The third-order valence-corrected chi connectivity index (χ3v) is 1.77. The Hall–Kier alpha value is -0.800. The Morgan fingerprint density at radius 1 is 1.75 bits per heavy atom. The highest BCUT2D eigenvalue weighted by atomic mass is 16.5. The molecule has 0 saturated heterocycles. The van der Waals surface area contributed by atoms with Gasteiger partial charge < -0.3 is 14.6 Å². The topological polar surface area (TPSA) is 38.7 Å². The van der Waals surface area contributed by atoms with Crippen LogP contribution in [0.4, 0.5) is 0 Å². The second kappa shape index (κ2) is 4.28. The molecule has 1 aliphatic rings. The summed E-state index contributed by atoms with van der Waals surface area (Å²) in [5.41, 5.74) is 0. The molecule has 3 nitrogen and oxygen atoms in total. The minimum Gasteiger partial charge on any atom is -0.496 e. The first-order valence-electron chi connectivity index (χ1n) is 3.98. The van der Waals surface area contributed by atoms with Gasteiger partial charge in [-0.25, -0.2) is 0 Å². The molecule has 12 heavy (non-hydrogen) atoms. The number of hydrogen-bond donors (Lipinski definition) is 1. The third-order valence-electron chi connectivity index (χ3n) is 1.77. The fourth-order valence-corrected chi connectivity index (χ4v) is 1.13. The highest BCUT2D eigenvalue weighted by Gasteiger charge is 2.27. The van der Waals surface area contributed by atoms with Gasteiger partial charge in [0.25, 0.3) is 0 Å². The molecule has 0 bridgehead atoms. The van der Waals surface area contributed by atoms with Crippen LogP contribution in [0.15, 0.2) is 25.0 Å². The maximum Gasteiger partial charge on any atom is 0.124 e. The standard InChI is InChI=1S/C9H14O3/c1-3-5-12-9-7(2)11-6-4-8(9)10/h3-4,6-10H,1,5H2,2H3/t7-,8+,9-/m0/s1. The first-order chi connectivity index (χ1) is 5.75. The van der Waals surface area contributed by atoms with Gasteiger partial charge in [0, 0.05) is 0 Å². The molecule has 0 aromatic rings. The summed E-state index contributed by atoms with van der Waals surface area (Å²) >= 11 is 0. The molecule has 0 amide bonds. The van der Waals surface area contributed by atoms with Crippen molar-refractivity contribution < 1.29 is 14.6 Å². The van der Waals surface area contributed by atoms with E-state index in [4.69, 9.17) is 9.47 Å². The summed E-state index contributed by atoms with van der Waals surface area (Å²) in [6.45, 7) is 5.83. The lowest BCUT2D eigenvalue weighted by atomic mass is 10.1. The van der Waals surface area contributed by atoms with Gasteiger partial charge in [-0.3, -0.25) is 0 Å². The van der Waals surface area contributed by atoms with Crippen LogP contribution in [0.3, 0.4) is 0 Å². The number of ether oxygens (including phenoxy) is 2. The van der Waals surface area contributed by atoms with Crippen LogP contribution in [0.5, 0.6) is 0 Å². The molecular weight excluding hydrogens is 156 g/mol. The fraction of sp³-hybridized carbons (Fsp3) is 0.556. The first-order valence-corrected chi connectivity index (χ1v) is 3.98. The van der Waals surface area contributed by atoms with Gasteiger partial charge in [0.15, 0.2) is 0 Å². The lowest BCUT2D eigenvalue weighted by molar-refractivity contribution is -0.0872. The average Bonchev–Trinajstić information content (AvgIpc) is 2.04. The molecule has 1 N–H and O–H groups in total. The Bertz CT molecular complexity index is 177. The minimum atomic E-state index is -0.575. The molecule has 0 aliphatic carbocycles. The quantitative estimate of drug-likeness (QED) is 0.638. The van der Waals surface area contributed by atoms with Crippen molar-refractivity contribution >= 4 is 0 Å². The molecule has 1 aliphatic heterocycles. The van der Waals surface area contributed by atoms with Gasteiger partial charge in [0.05, 0.1) is 12.9 Å². The summed E-state index contributed by atoms with van der Waals surface area (Å²) in [4.78, 5) is 0. The van der Waals surface area contributed by atoms with Gasteiger partial charge in [-0.05, 0) is 13.0 Å². The van der Waals surface area contributed by atoms with Crippen molar-refractivity contribution in [2.45, 2.75) is 25.2 Å². The van der Waals surface area contributed by atoms with Gasteiger partial charge >= 0.3 is 0 Å². The minimum absolute atomic E-state index is 0.107. The van der Waals surface area contributed by atoms with E-state index in [2.05, 4.69) is 6.58 Å². The molecule has 1 heterocycles. The van der Waals surface area contributed by atoms with Crippen LogP contribution in [0, 0.1) is 0 Å². The Balaban J connectivity index is 2.47. The summed E-state index contributed by atoms with van der Waals surface area (Å²) in [5.74, 6) is 0. The average molecular weight is 170 g/mol. The van der Waals surface area contributed by atoms with Crippen molar-refractivity contribution in [3.63, 3.8) is 0 Å². The zero-order valence-electron chi connectivity index (χ0n) is 7.14. The second-order valence-electron chi connectivity index (χ2n) is 2.75. The lowest BCUT2D eigenvalue weighted by Gasteiger charge is -2.29. The molecule has 0 aromatic heterocycles. The van der Waals surface area contributed by atoms with Crippen LogP contribution in [0.1, 0.15) is 6.92 Å². The van der Waals surface area contributed by atoms with Crippen molar-refractivity contribution in [3.05, 3.63) is 25.0 Å². The van der Waals surface area contributed by atoms with Gasteiger partial charge in [-0.15, -0.1) is 6.58 Å². The summed E-state index contributed by atoms with van der Waals surface area (Å²) in [7, 11) is 0. The van der Waals surface area contributed by atoms with Gasteiger partial charge in [-0.2, -0.15) is 0 Å². The van der Waals surface area contributed by atoms with E-state index in [0.717, 1.165) is 0 Å². The summed E-state index contributed by atoms with van der Waals surface area (Å²) < 4.78 is 10.5. The van der Waals surface area contributed by atoms with Gasteiger partial charge in [-0.1, -0.05) is 6.08 Å². The molecule has 3 atom stereocenters. The highest BCUT2D eigenvalue weighted by Crippen LogP contribution is 2.15. The monoisotopic (exact) mass is 170 g/mol. The summed E-state index contributed by atoms with van der Waals surface area (Å²) in [6, 6.07) is 0. The predicted octanol–water partition coefficient (Wildman–Crippen LogP) is 0.851. The number of rotatable bonds is 3. The van der Waals surface area contributed by atoms with E-state index >= 15 is 0 Å². The van der Waals surface area contributed by atoms with Gasteiger partial charge in [0.2, 0.25) is 0 Å². The molecule has 0 saturated carbocycles. The molecule has 0 radical (unpaired) electrons. The van der Waals surface area contributed by atoms with E-state index in [1.54, 1.807) is 12.2 Å². The maximum absolute atomic E-state index is 9.44. The van der Waals surface area contributed by atoms with E-state index in [9.17, 15) is 5.11 Å². The summed E-state index contributed by atoms with van der Waals surface area (Å²) in [5, 5.41) is 9.44. The second-order valence-corrected chi connectivity index (χ2v) is 2.75. The smallest absolute Gasteiger partial charge is 0.124 e. The Kier molecular flexibility index (Phi) is 3.31. The SMILES string of the molecule is C=CCO[C@@H]1[C@H](O)C=CO[C@H]1C. The maximum atomic E-state index is 9.44. The fourth-order valence-electron chi connectivity index (χ4n) is 1.13. The highest BCUT2D eigenvalue weighted by molar-refractivity contribution is 4.96. The van der Waals surface area contributed by atoms with Gasteiger partial charge in [0.1, 0.15) is 18.3 Å². The van der Waals surface area contributed by atoms with Crippen LogP contribution >= 0.6 is 0 Å². The molecule has 1 rings (SSSR count). The van der Waals surface area contributed by atoms with Crippen LogP contribution in [-0.4, -0.2) is 30.0 Å². The molecule has 0 unspecified atom stereocenters. The van der Waals surface area contributed by atoms with Crippen LogP contribution in [0.2, 0.25) is 0 Å². The van der Waals surface area contributed by atoms with E-state index in [-0.39, 0.29) is 12.2 Å². The predicted molar refractivity (Wildman–Crippen MR) is 45.6 cm³/mol. The lowest BCUT2D eigenvalue weighted by Crippen LogP contribution is -2.40. The molecule has 0 spiro atoms. The zero-order valence-corrected chi connectivity index (χ0v) is 7.14. The van der Waals surface area contributed by atoms with Crippen LogP contribution in [0.25, 0.3) is 0 Å². The van der Waals surface area contributed by atoms with Crippen molar-refractivity contribution in [1.29, 1.82) is 0 Å². The van der Waals surface area contributed by atoms with Crippen molar-refractivity contribution in [2.24, 2.45) is 0 Å². The zero-order chi connectivity index (χ0) is 8.97. The normalized spacial score (nSPS) is 34.3. The molecular formula is C9H14O3. The van der Waals surface area contributed by atoms with Crippen molar-refractivity contribution in [1.82, 2.24) is 0 Å². The molecule has 68 valence electrons. The summed E-state index contributed by atoms with van der Waals surface area (Å²) in [6.07, 6.45) is 3.76. The van der Waals surface area contributed by atoms with Crippen LogP contribution < -0.4 is 0 Å². The van der Waals surface area contributed by atoms with Crippen molar-refractivity contribution in [3.8, 4) is 0 Å². The molecule has 0 aromatic carbocycles. The first kappa shape index (κ1) is 9.29. The number of aliphatic hydroxyl groups is 1. The van der Waals surface area contributed by atoms with E-state index in [1.807, 2.05) is 6.92 Å². The van der Waals surface area contributed by atoms with E-state index in [1.165, 1.54) is 6.26 Å². The molecule has 3 heteroatoms. The van der Waals surface area contributed by atoms with E-state index < -0.39 is 6.10 Å². The number of hydrogen-bond acceptors (Lipinski definition) is 3. The number of aliphatic hydroxyl groups excluding tert-OH is 1. The van der Waals surface area contributed by atoms with E-state index in [0.29, 0.717) is 6.61 Å². The molecule has 0 fully saturated rings. The van der Waals surface area contributed by atoms with Crippen LogP contribution in [-0.2, 0) is 9.47 Å². The van der Waals surface area contributed by atoms with Crippen molar-refractivity contribution in [2.75, 3.05) is 6.61 Å². The Labute approximate surface area is 72.3 Å².